The van der Waals surface area contributed by atoms with Gasteiger partial charge in [0.05, 0.1) is 5.38 Å². The lowest BCUT2D eigenvalue weighted by molar-refractivity contribution is 1.09. The van der Waals surface area contributed by atoms with E-state index < -0.39 is 4.84 Å². The predicted octanol–water partition coefficient (Wildman–Crippen LogP) is 5.49. The lowest BCUT2D eigenvalue weighted by Crippen LogP contribution is -1.98. The van der Waals surface area contributed by atoms with Gasteiger partial charge in [0.25, 0.3) is 0 Å². The summed E-state index contributed by atoms with van der Waals surface area (Å²) in [5.41, 5.74) is 2.85. The van der Waals surface area contributed by atoms with E-state index >= 15 is 0 Å². The maximum atomic E-state index is 6.46. The topological polar surface area (TPSA) is 0 Å². The third-order valence-electron chi connectivity index (χ3n) is 2.60. The monoisotopic (exact) mass is 284 g/mol. The number of hydrogen-bond donors (Lipinski definition) is 0. The Labute approximate surface area is 116 Å². The summed E-state index contributed by atoms with van der Waals surface area (Å²) in [5, 5.41) is -0.229. The van der Waals surface area contributed by atoms with Crippen molar-refractivity contribution in [3.8, 4) is 0 Å². The second-order valence-corrected chi connectivity index (χ2v) is 5.24. The molecule has 0 aliphatic rings. The van der Waals surface area contributed by atoms with Gasteiger partial charge in [-0.25, -0.2) is 0 Å². The van der Waals surface area contributed by atoms with Crippen molar-refractivity contribution in [2.45, 2.75) is 10.2 Å². The van der Waals surface area contributed by atoms with Crippen LogP contribution in [0.5, 0.6) is 0 Å². The molecule has 0 heterocycles. The van der Waals surface area contributed by atoms with Crippen molar-refractivity contribution in [1.82, 2.24) is 0 Å². The van der Waals surface area contributed by atoms with E-state index in [0.717, 1.165) is 16.7 Å². The summed E-state index contributed by atoms with van der Waals surface area (Å²) in [5.74, 6) is 0. The average Bonchev–Trinajstić information content (AvgIpc) is 2.39. The number of benzene rings is 2. The standard InChI is InChI=1S/C14H11Cl3/c15-13(10-6-2-1-3-7-10)11-8-4-5-9-12(11)14(16)17/h1-9,13-14H. The molecule has 1 unspecified atom stereocenters. The molecule has 0 N–H and O–H groups in total. The zero-order valence-corrected chi connectivity index (χ0v) is 11.3. The van der Waals surface area contributed by atoms with Crippen LogP contribution in [0, 0.1) is 0 Å². The van der Waals surface area contributed by atoms with Crippen LogP contribution in [0.2, 0.25) is 0 Å². The largest absolute Gasteiger partial charge is 0.133 e. The molecule has 0 aliphatic carbocycles. The van der Waals surface area contributed by atoms with E-state index in [1.165, 1.54) is 0 Å². The number of halogens is 3. The maximum Gasteiger partial charge on any atom is 0.133 e. The highest BCUT2D eigenvalue weighted by molar-refractivity contribution is 6.44. The van der Waals surface area contributed by atoms with Crippen molar-refractivity contribution in [2.24, 2.45) is 0 Å². The number of alkyl halides is 3. The second kappa shape index (κ2) is 5.77. The summed E-state index contributed by atoms with van der Waals surface area (Å²) in [6.45, 7) is 0. The van der Waals surface area contributed by atoms with Gasteiger partial charge in [-0.05, 0) is 16.7 Å². The minimum absolute atomic E-state index is 0.229. The van der Waals surface area contributed by atoms with Crippen LogP contribution in [0.1, 0.15) is 26.9 Å². The Morgan fingerprint density at radius 3 is 1.76 bits per heavy atom. The highest BCUT2D eigenvalue weighted by atomic mass is 35.5. The van der Waals surface area contributed by atoms with Crippen molar-refractivity contribution >= 4 is 34.8 Å². The van der Waals surface area contributed by atoms with Crippen LogP contribution in [0.15, 0.2) is 54.6 Å². The molecule has 3 heteroatoms. The Morgan fingerprint density at radius 2 is 1.18 bits per heavy atom. The van der Waals surface area contributed by atoms with Gasteiger partial charge >= 0.3 is 0 Å². The summed E-state index contributed by atoms with van der Waals surface area (Å²) in [6.07, 6.45) is 0. The molecule has 0 bridgehead atoms. The third kappa shape index (κ3) is 2.95. The molecule has 17 heavy (non-hydrogen) atoms. The van der Waals surface area contributed by atoms with Gasteiger partial charge in [-0.15, -0.1) is 34.8 Å². The van der Waals surface area contributed by atoms with E-state index in [4.69, 9.17) is 34.8 Å². The van der Waals surface area contributed by atoms with Gasteiger partial charge in [0.1, 0.15) is 4.84 Å². The molecule has 0 spiro atoms. The smallest absolute Gasteiger partial charge is 0.113 e. The molecule has 0 aromatic heterocycles. The van der Waals surface area contributed by atoms with E-state index in [9.17, 15) is 0 Å². The van der Waals surface area contributed by atoms with Gasteiger partial charge in [0, 0.05) is 0 Å². The molecule has 0 nitrogen and oxygen atoms in total. The molecule has 0 saturated heterocycles. The van der Waals surface area contributed by atoms with E-state index in [-0.39, 0.29) is 5.38 Å². The first-order valence-corrected chi connectivity index (χ1v) is 6.57. The van der Waals surface area contributed by atoms with Gasteiger partial charge in [0.15, 0.2) is 0 Å². The van der Waals surface area contributed by atoms with Gasteiger partial charge in [0.2, 0.25) is 0 Å². The van der Waals surface area contributed by atoms with E-state index in [1.54, 1.807) is 0 Å². The molecule has 0 fully saturated rings. The average molecular weight is 286 g/mol. The Balaban J connectivity index is 2.41. The lowest BCUT2D eigenvalue weighted by atomic mass is 10.00. The van der Waals surface area contributed by atoms with Gasteiger partial charge in [-0.2, -0.15) is 0 Å². The van der Waals surface area contributed by atoms with Crippen LogP contribution in [0.4, 0.5) is 0 Å². The highest BCUT2D eigenvalue weighted by Crippen LogP contribution is 2.36. The molecule has 0 radical (unpaired) electrons. The zero-order chi connectivity index (χ0) is 12.3. The van der Waals surface area contributed by atoms with Gasteiger partial charge < -0.3 is 0 Å². The second-order valence-electron chi connectivity index (χ2n) is 3.70. The van der Waals surface area contributed by atoms with Crippen LogP contribution in [-0.2, 0) is 0 Å². The fourth-order valence-corrected chi connectivity index (χ4v) is 2.48. The van der Waals surface area contributed by atoms with E-state index in [2.05, 4.69) is 0 Å². The normalized spacial score (nSPS) is 12.7. The Bertz CT molecular complexity index is 480. The molecule has 0 amide bonds. The Kier molecular flexibility index (Phi) is 4.33. The SMILES string of the molecule is ClC(Cl)c1ccccc1C(Cl)c1ccccc1. The molecule has 88 valence electrons. The fourth-order valence-electron chi connectivity index (χ4n) is 1.74. The summed E-state index contributed by atoms with van der Waals surface area (Å²) >= 11 is 18.4. The molecule has 1 atom stereocenters. The first kappa shape index (κ1) is 12.8. The van der Waals surface area contributed by atoms with Crippen molar-refractivity contribution < 1.29 is 0 Å². The molecule has 2 aromatic rings. The molecule has 0 aliphatic heterocycles. The number of rotatable bonds is 3. The molecule has 2 rings (SSSR count). The van der Waals surface area contributed by atoms with Crippen LogP contribution >= 0.6 is 34.8 Å². The molecular formula is C14H11Cl3. The molecule has 0 saturated carbocycles. The summed E-state index contributed by atoms with van der Waals surface area (Å²) in [4.78, 5) is -0.559. The van der Waals surface area contributed by atoms with Gasteiger partial charge in [-0.3, -0.25) is 0 Å². The van der Waals surface area contributed by atoms with Crippen molar-refractivity contribution in [2.75, 3.05) is 0 Å². The van der Waals surface area contributed by atoms with E-state index in [0.29, 0.717) is 0 Å². The van der Waals surface area contributed by atoms with Crippen LogP contribution in [0.25, 0.3) is 0 Å². The third-order valence-corrected chi connectivity index (χ3v) is 3.55. The first-order valence-electron chi connectivity index (χ1n) is 5.26. The fraction of sp³-hybridized carbons (Fsp3) is 0.143. The Hall–Kier alpha value is -0.690. The van der Waals surface area contributed by atoms with E-state index in [1.807, 2.05) is 54.6 Å². The number of hydrogen-bond acceptors (Lipinski definition) is 0. The van der Waals surface area contributed by atoms with Crippen molar-refractivity contribution in [1.29, 1.82) is 0 Å². The van der Waals surface area contributed by atoms with Crippen molar-refractivity contribution in [3.63, 3.8) is 0 Å². The van der Waals surface area contributed by atoms with Crippen LogP contribution in [-0.4, -0.2) is 0 Å². The molecule has 2 aromatic carbocycles. The summed E-state index contributed by atoms with van der Waals surface area (Å²) in [6, 6.07) is 17.6. The minimum Gasteiger partial charge on any atom is -0.113 e. The van der Waals surface area contributed by atoms with Crippen molar-refractivity contribution in [3.05, 3.63) is 71.3 Å². The summed E-state index contributed by atoms with van der Waals surface area (Å²) < 4.78 is 0. The maximum absolute atomic E-state index is 6.46. The quantitative estimate of drug-likeness (QED) is 0.654. The lowest BCUT2D eigenvalue weighted by Gasteiger charge is -2.15. The zero-order valence-electron chi connectivity index (χ0n) is 8.98. The molecular weight excluding hydrogens is 275 g/mol. The highest BCUT2D eigenvalue weighted by Gasteiger charge is 2.17. The minimum atomic E-state index is -0.559. The van der Waals surface area contributed by atoms with Crippen LogP contribution < -0.4 is 0 Å². The summed E-state index contributed by atoms with van der Waals surface area (Å²) in [7, 11) is 0. The Morgan fingerprint density at radius 1 is 0.647 bits per heavy atom. The van der Waals surface area contributed by atoms with Crippen LogP contribution in [0.3, 0.4) is 0 Å². The first-order chi connectivity index (χ1) is 8.20. The van der Waals surface area contributed by atoms with Gasteiger partial charge in [-0.1, -0.05) is 54.6 Å². The predicted molar refractivity (Wildman–Crippen MR) is 75.0 cm³/mol.